The number of methoxy groups -OCH3 is 3. The summed E-state index contributed by atoms with van der Waals surface area (Å²) in [6, 6.07) is 12.2. The first-order chi connectivity index (χ1) is 16.4. The number of amides is 1. The minimum Gasteiger partial charge on any atom is -0.493 e. The fourth-order valence-corrected chi connectivity index (χ4v) is 3.22. The first-order valence-electron chi connectivity index (χ1n) is 10.3. The number of nitrogen functional groups attached to an aromatic ring is 1. The number of hydrogen-bond donors (Lipinski definition) is 3. The molecule has 0 fully saturated rings. The number of ether oxygens (including phenoxy) is 3. The predicted molar refractivity (Wildman–Crippen MR) is 130 cm³/mol. The van der Waals surface area contributed by atoms with E-state index >= 15 is 0 Å². The molecule has 5 N–H and O–H groups in total. The zero-order chi connectivity index (χ0) is 24.7. The standard InChI is InChI=1S/C25H26N4O5/c1-32-20-12-15(13-21(33-2)24(20)34-3)4-9-19(30)23(27)16-5-7-17(8-6-16)25(31)29-18-10-11-28-22(26)14-18/h4-14,23H,27H2,1-3H3,(H3,26,28,29,31). The Morgan fingerprint density at radius 2 is 1.62 bits per heavy atom. The summed E-state index contributed by atoms with van der Waals surface area (Å²) in [6.07, 6.45) is 4.51. The zero-order valence-electron chi connectivity index (χ0n) is 19.1. The Kier molecular flexibility index (Phi) is 7.83. The molecule has 9 nitrogen and oxygen atoms in total. The summed E-state index contributed by atoms with van der Waals surface area (Å²) in [4.78, 5) is 29.0. The van der Waals surface area contributed by atoms with Gasteiger partial charge in [0.15, 0.2) is 17.3 Å². The van der Waals surface area contributed by atoms with E-state index < -0.39 is 6.04 Å². The van der Waals surface area contributed by atoms with E-state index in [1.807, 2.05) is 0 Å². The Morgan fingerprint density at radius 1 is 0.971 bits per heavy atom. The average molecular weight is 463 g/mol. The molecule has 34 heavy (non-hydrogen) atoms. The van der Waals surface area contributed by atoms with Crippen molar-refractivity contribution in [2.24, 2.45) is 5.73 Å². The van der Waals surface area contributed by atoms with E-state index in [9.17, 15) is 9.59 Å². The van der Waals surface area contributed by atoms with Gasteiger partial charge in [0.1, 0.15) is 5.82 Å². The van der Waals surface area contributed by atoms with Gasteiger partial charge in [0.2, 0.25) is 5.75 Å². The van der Waals surface area contributed by atoms with Crippen LogP contribution in [-0.2, 0) is 4.79 Å². The summed E-state index contributed by atoms with van der Waals surface area (Å²) in [6.45, 7) is 0. The monoisotopic (exact) mass is 462 g/mol. The van der Waals surface area contributed by atoms with Crippen LogP contribution in [0.2, 0.25) is 0 Å². The number of aromatic nitrogens is 1. The first-order valence-corrected chi connectivity index (χ1v) is 10.3. The molecule has 0 saturated carbocycles. The largest absolute Gasteiger partial charge is 0.493 e. The maximum atomic E-state index is 12.6. The highest BCUT2D eigenvalue weighted by atomic mass is 16.5. The maximum Gasteiger partial charge on any atom is 0.255 e. The number of nitrogens with one attached hydrogen (secondary N) is 1. The Morgan fingerprint density at radius 3 is 2.18 bits per heavy atom. The molecule has 1 atom stereocenters. The lowest BCUT2D eigenvalue weighted by molar-refractivity contribution is -0.115. The lowest BCUT2D eigenvalue weighted by atomic mass is 10.0. The molecule has 0 saturated heterocycles. The van der Waals surface area contributed by atoms with Gasteiger partial charge in [-0.3, -0.25) is 9.59 Å². The lowest BCUT2D eigenvalue weighted by Crippen LogP contribution is -2.20. The van der Waals surface area contributed by atoms with Crippen molar-refractivity contribution in [1.82, 2.24) is 4.98 Å². The van der Waals surface area contributed by atoms with Crippen LogP contribution in [0.1, 0.15) is 27.5 Å². The SMILES string of the molecule is COc1cc(C=CC(=O)C(N)c2ccc(C(=O)Nc3ccnc(N)c3)cc2)cc(OC)c1OC. The van der Waals surface area contributed by atoms with Crippen LogP contribution < -0.4 is 31.0 Å². The lowest BCUT2D eigenvalue weighted by Gasteiger charge is -2.13. The van der Waals surface area contributed by atoms with E-state index in [1.54, 1.807) is 54.6 Å². The molecular weight excluding hydrogens is 436 g/mol. The second-order valence-electron chi connectivity index (χ2n) is 7.22. The highest BCUT2D eigenvalue weighted by Gasteiger charge is 2.16. The van der Waals surface area contributed by atoms with E-state index in [0.717, 1.165) is 0 Å². The van der Waals surface area contributed by atoms with Crippen molar-refractivity contribution >= 4 is 29.3 Å². The van der Waals surface area contributed by atoms with Crippen LogP contribution in [0.15, 0.2) is 60.8 Å². The zero-order valence-corrected chi connectivity index (χ0v) is 19.1. The van der Waals surface area contributed by atoms with Crippen molar-refractivity contribution in [2.45, 2.75) is 6.04 Å². The highest BCUT2D eigenvalue weighted by molar-refractivity contribution is 6.04. The van der Waals surface area contributed by atoms with E-state index in [4.69, 9.17) is 25.7 Å². The van der Waals surface area contributed by atoms with E-state index in [-0.39, 0.29) is 11.7 Å². The second kappa shape index (κ2) is 11.0. The maximum absolute atomic E-state index is 12.6. The second-order valence-corrected chi connectivity index (χ2v) is 7.22. The van der Waals surface area contributed by atoms with Gasteiger partial charge in [0.05, 0.1) is 27.4 Å². The molecule has 0 aliphatic heterocycles. The number of rotatable bonds is 9. The van der Waals surface area contributed by atoms with Gasteiger partial charge < -0.3 is 31.0 Å². The smallest absolute Gasteiger partial charge is 0.255 e. The molecule has 176 valence electrons. The van der Waals surface area contributed by atoms with Crippen molar-refractivity contribution in [2.75, 3.05) is 32.4 Å². The van der Waals surface area contributed by atoms with E-state index in [0.29, 0.717) is 45.4 Å². The first kappa shape index (κ1) is 24.3. The molecule has 1 amide bonds. The Bertz CT molecular complexity index is 1180. The van der Waals surface area contributed by atoms with Crippen LogP contribution in [0.5, 0.6) is 17.2 Å². The Hall–Kier alpha value is -4.37. The number of ketones is 1. The number of benzene rings is 2. The number of carbonyl (C=O) groups is 2. The topological polar surface area (TPSA) is 139 Å². The van der Waals surface area contributed by atoms with Crippen LogP contribution in [0.3, 0.4) is 0 Å². The van der Waals surface area contributed by atoms with Crippen LogP contribution in [0.25, 0.3) is 6.08 Å². The molecule has 3 aromatic rings. The Balaban J connectivity index is 1.70. The number of hydrogen-bond acceptors (Lipinski definition) is 8. The summed E-state index contributed by atoms with van der Waals surface area (Å²) in [5.41, 5.74) is 14.0. The third-order valence-electron chi connectivity index (χ3n) is 5.00. The van der Waals surface area contributed by atoms with Gasteiger partial charge >= 0.3 is 0 Å². The molecule has 1 heterocycles. The minimum atomic E-state index is -0.893. The third-order valence-corrected chi connectivity index (χ3v) is 5.00. The van der Waals surface area contributed by atoms with Crippen molar-refractivity contribution < 1.29 is 23.8 Å². The molecule has 0 bridgehead atoms. The Labute approximate surface area is 197 Å². The molecule has 0 aliphatic carbocycles. The van der Waals surface area contributed by atoms with Crippen molar-refractivity contribution in [3.63, 3.8) is 0 Å². The van der Waals surface area contributed by atoms with Gasteiger partial charge in [0.25, 0.3) is 5.91 Å². The molecule has 1 unspecified atom stereocenters. The predicted octanol–water partition coefficient (Wildman–Crippen LogP) is 3.22. The number of anilines is 2. The van der Waals surface area contributed by atoms with Crippen LogP contribution in [0, 0.1) is 0 Å². The number of pyridine rings is 1. The van der Waals surface area contributed by atoms with Crippen molar-refractivity contribution in [1.29, 1.82) is 0 Å². The molecule has 0 radical (unpaired) electrons. The quantitative estimate of drug-likeness (QED) is 0.412. The van der Waals surface area contributed by atoms with Gasteiger partial charge in [-0.25, -0.2) is 4.98 Å². The molecule has 2 aromatic carbocycles. The summed E-state index contributed by atoms with van der Waals surface area (Å²) in [5.74, 6) is 1.08. The molecular formula is C25H26N4O5. The van der Waals surface area contributed by atoms with Gasteiger partial charge in [-0.1, -0.05) is 18.2 Å². The fourth-order valence-electron chi connectivity index (χ4n) is 3.22. The van der Waals surface area contributed by atoms with Crippen molar-refractivity contribution in [3.8, 4) is 17.2 Å². The highest BCUT2D eigenvalue weighted by Crippen LogP contribution is 2.38. The molecule has 3 rings (SSSR count). The summed E-state index contributed by atoms with van der Waals surface area (Å²) < 4.78 is 16.0. The molecule has 0 aliphatic rings. The normalized spacial score (nSPS) is 11.6. The third kappa shape index (κ3) is 5.70. The van der Waals surface area contributed by atoms with Gasteiger partial charge in [-0.2, -0.15) is 0 Å². The fraction of sp³-hybridized carbons (Fsp3) is 0.160. The van der Waals surface area contributed by atoms with Crippen LogP contribution in [0.4, 0.5) is 11.5 Å². The summed E-state index contributed by atoms with van der Waals surface area (Å²) in [5, 5.41) is 2.74. The van der Waals surface area contributed by atoms with Crippen molar-refractivity contribution in [3.05, 3.63) is 77.5 Å². The molecule has 9 heteroatoms. The molecule has 0 spiro atoms. The van der Waals surface area contributed by atoms with Crippen LogP contribution in [-0.4, -0.2) is 38.0 Å². The summed E-state index contributed by atoms with van der Waals surface area (Å²) in [7, 11) is 4.55. The average Bonchev–Trinajstić information content (AvgIpc) is 2.86. The van der Waals surface area contributed by atoms with E-state index in [1.165, 1.54) is 33.6 Å². The van der Waals surface area contributed by atoms with Gasteiger partial charge in [-0.15, -0.1) is 0 Å². The van der Waals surface area contributed by atoms with E-state index in [2.05, 4.69) is 10.3 Å². The number of carbonyl (C=O) groups excluding carboxylic acids is 2. The summed E-state index contributed by atoms with van der Waals surface area (Å²) >= 11 is 0. The minimum absolute atomic E-state index is 0.303. The number of nitrogens with two attached hydrogens (primary N) is 2. The van der Waals surface area contributed by atoms with Gasteiger partial charge in [0, 0.05) is 23.5 Å². The van der Waals surface area contributed by atoms with Gasteiger partial charge in [-0.05, 0) is 47.5 Å². The van der Waals surface area contributed by atoms with Crippen LogP contribution >= 0.6 is 0 Å². The number of nitrogens with zero attached hydrogens (tertiary/aromatic N) is 1. The molecule has 1 aromatic heterocycles.